The molecule has 86 heavy (non-hydrogen) atoms. The number of carboxylic acids is 4. The van der Waals surface area contributed by atoms with Crippen LogP contribution in [0.25, 0.3) is 0 Å². The first-order valence-electron chi connectivity index (χ1n) is 31.0. The fourth-order valence-electron chi connectivity index (χ4n) is 5.92. The second-order valence-corrected chi connectivity index (χ2v) is 36.5. The number of aliphatic carboxylic acids is 4. The van der Waals surface area contributed by atoms with Gasteiger partial charge >= 0.3 is 278 Å². The average molecular weight is 1620 g/mol. The minimum absolute atomic E-state index is 0. The number of unbranched alkanes of at least 4 members (excludes halogenated alkanes) is 8. The Morgan fingerprint density at radius 1 is 0.291 bits per heavy atom. The molecule has 18 heteroatoms. The van der Waals surface area contributed by atoms with Gasteiger partial charge in [0.1, 0.15) is 47.4 Å². The maximum Gasteiger partial charge on any atom is -2.00 e. The molecule has 0 aliphatic rings. The quantitative estimate of drug-likeness (QED) is 0.0304. The minimum Gasteiger partial charge on any atom is -2.00 e. The second-order valence-electron chi connectivity index (χ2n) is 19.4. The summed E-state index contributed by atoms with van der Waals surface area (Å²) in [6.45, 7) is 24.1. The molecule has 4 aromatic carbocycles. The second kappa shape index (κ2) is 74.5. The molecule has 480 valence electrons. The molecule has 4 atom stereocenters. The zero-order valence-electron chi connectivity index (χ0n) is 54.5. The average Bonchev–Trinajstić information content (AvgIpc) is 3.55. The third-order valence-electron chi connectivity index (χ3n) is 11.2. The van der Waals surface area contributed by atoms with Crippen LogP contribution in [0.4, 0.5) is 0 Å². The van der Waals surface area contributed by atoms with E-state index in [1.807, 2.05) is 24.3 Å². The van der Waals surface area contributed by atoms with E-state index in [0.29, 0.717) is 23.0 Å². The zero-order chi connectivity index (χ0) is 63.7. The summed E-state index contributed by atoms with van der Waals surface area (Å²) in [5.41, 5.74) is 0. The topological polar surface area (TPSA) is 254 Å². The van der Waals surface area contributed by atoms with Gasteiger partial charge in [-0.1, -0.05) is 72.8 Å². The van der Waals surface area contributed by atoms with Crippen LogP contribution in [0.15, 0.2) is 121 Å². The summed E-state index contributed by atoms with van der Waals surface area (Å²) in [6, 6.07) is 35.1. The van der Waals surface area contributed by atoms with Crippen LogP contribution < -0.4 is 39.4 Å². The van der Waals surface area contributed by atoms with Crippen LogP contribution in [-0.4, -0.2) is 133 Å². The Kier molecular flexibility index (Phi) is 81.6. The number of hydrogen-bond acceptors (Lipinski definition) is 12. The number of carboxylic acid groups (broad SMARTS) is 4. The summed E-state index contributed by atoms with van der Waals surface area (Å²) < 4.78 is 33.1. The fourth-order valence-corrected chi connectivity index (χ4v) is 22.6. The molecule has 0 bridgehead atoms. The molecular formula is C68H108O14Sn4. The zero-order valence-corrected chi connectivity index (χ0v) is 66.0. The molecule has 4 aromatic rings. The van der Waals surface area contributed by atoms with Crippen molar-refractivity contribution in [3.05, 3.63) is 121 Å². The molecule has 0 heterocycles. The van der Waals surface area contributed by atoms with Crippen LogP contribution in [0.1, 0.15) is 186 Å². The summed E-state index contributed by atoms with van der Waals surface area (Å²) >= 11 is 0.598. The van der Waals surface area contributed by atoms with Crippen LogP contribution in [0, 0.1) is 0 Å². The van der Waals surface area contributed by atoms with Gasteiger partial charge in [-0.3, -0.25) is 0 Å². The molecule has 0 radical (unpaired) electrons. The first kappa shape index (κ1) is 94.2. The van der Waals surface area contributed by atoms with Crippen LogP contribution in [0.5, 0.6) is 23.0 Å². The number of ether oxygens (including phenoxy) is 4. The van der Waals surface area contributed by atoms with Gasteiger partial charge in [0.15, 0.2) is 0 Å². The summed E-state index contributed by atoms with van der Waals surface area (Å²) in [6.07, 6.45) is 19.7. The first-order chi connectivity index (χ1) is 40.5. The van der Waals surface area contributed by atoms with E-state index in [2.05, 4.69) is 55.4 Å². The van der Waals surface area contributed by atoms with E-state index in [4.69, 9.17) is 18.9 Å². The Hall–Kier alpha value is -2.93. The van der Waals surface area contributed by atoms with Crippen molar-refractivity contribution in [3.8, 4) is 23.0 Å². The van der Waals surface area contributed by atoms with Crippen LogP contribution in [0.3, 0.4) is 0 Å². The van der Waals surface area contributed by atoms with E-state index in [-0.39, 0.29) is 95.5 Å². The number of rotatable bonds is 36. The Morgan fingerprint density at radius 3 is 0.523 bits per heavy atom. The van der Waals surface area contributed by atoms with Crippen LogP contribution in [0.2, 0.25) is 35.5 Å². The van der Waals surface area contributed by atoms with Gasteiger partial charge in [-0.15, -0.1) is 0 Å². The minimum atomic E-state index is -1.21. The van der Waals surface area contributed by atoms with Gasteiger partial charge in [0.05, 0.1) is 23.9 Å². The molecule has 0 saturated heterocycles. The number of hydrogen-bond donors (Lipinski definition) is 0. The third kappa shape index (κ3) is 71.8. The molecule has 4 rings (SSSR count). The predicted octanol–water partition coefficient (Wildman–Crippen LogP) is 13.1. The summed E-state index contributed by atoms with van der Waals surface area (Å²) in [7, 11) is 0. The molecular weight excluding hydrogens is 1520 g/mol. The van der Waals surface area contributed by atoms with Gasteiger partial charge in [0, 0.05) is 0 Å². The Balaban J connectivity index is -0.000000213. The number of benzene rings is 4. The van der Waals surface area contributed by atoms with E-state index in [9.17, 15) is 39.6 Å². The van der Waals surface area contributed by atoms with E-state index in [0.717, 1.165) is 0 Å². The van der Waals surface area contributed by atoms with Gasteiger partial charge < -0.3 is 69.5 Å². The van der Waals surface area contributed by atoms with Crippen molar-refractivity contribution in [1.29, 1.82) is 0 Å². The molecule has 0 fully saturated rings. The normalized spacial score (nSPS) is 10.6. The molecule has 0 saturated carbocycles. The standard InChI is InChI=1S/4C9H10O3.8C4H9.2O.4Sn/c4*1-7(9(10)11)12-8-5-3-2-4-6-8;8*1-3-4-2;;;;;;/h4*2-7H,1H3,(H,10,11);8*1,3-4H2,2H3;;;;;;/q;;;;;;;;;;;;2*-2;4*+2/p-4. The number of para-hydroxylation sites is 4. The molecule has 14 nitrogen and oxygen atoms in total. The van der Waals surface area contributed by atoms with E-state index < -0.39 is 48.3 Å². The summed E-state index contributed by atoms with van der Waals surface area (Å²) in [4.78, 5) is 41.1. The molecule has 0 aliphatic heterocycles. The van der Waals surface area contributed by atoms with Crippen molar-refractivity contribution < 1.29 is 69.5 Å². The van der Waals surface area contributed by atoms with E-state index in [1.54, 1.807) is 133 Å². The Labute approximate surface area is 562 Å². The molecule has 0 N–H and O–H groups in total. The van der Waals surface area contributed by atoms with E-state index in [1.165, 1.54) is 130 Å². The Morgan fingerprint density at radius 2 is 0.419 bits per heavy atom. The molecule has 0 aromatic heterocycles. The van der Waals surface area contributed by atoms with Gasteiger partial charge in [-0.05, 0) is 76.2 Å². The van der Waals surface area contributed by atoms with E-state index >= 15 is 0 Å². The van der Waals surface area contributed by atoms with Crippen molar-refractivity contribution in [3.63, 3.8) is 0 Å². The maximum atomic E-state index is 10.3. The van der Waals surface area contributed by atoms with Crippen molar-refractivity contribution in [2.75, 3.05) is 0 Å². The number of carbonyl (C=O) groups excluding carboxylic acids is 4. The van der Waals surface area contributed by atoms with Gasteiger partial charge in [0.2, 0.25) is 0 Å². The van der Waals surface area contributed by atoms with Gasteiger partial charge in [-0.25, -0.2) is 0 Å². The predicted molar refractivity (Wildman–Crippen MR) is 348 cm³/mol. The van der Waals surface area contributed by atoms with Crippen molar-refractivity contribution in [2.45, 2.75) is 246 Å². The maximum absolute atomic E-state index is 10.3. The smallest absolute Gasteiger partial charge is 2.00 e. The van der Waals surface area contributed by atoms with Crippen molar-refractivity contribution in [1.82, 2.24) is 0 Å². The largest absolute Gasteiger partial charge is 2.00 e. The third-order valence-corrected chi connectivity index (χ3v) is 27.4. The fraction of sp³-hybridized carbons (Fsp3) is 0.588. The SMILES string of the molecule is CC(Oc1ccccc1)C(=O)[O-].CC(Oc1ccccc1)C(=O)[O-].CC(Oc1ccccc1)C(=O)[O-].CC(Oc1ccccc1)C(=O)[O-].CCC[CH2][Sn+2][CH2]CCC.CCC[CH2][Sn+2][CH2]CCC.CCC[CH2][Sn+2][CH2]CCC.CCC[CH2][Sn+2][CH2]CCC.[O-2].[O-2]. The van der Waals surface area contributed by atoms with Crippen LogP contribution in [-0.2, 0) is 30.1 Å². The summed E-state index contributed by atoms with van der Waals surface area (Å²) in [5, 5.41) is 41.1. The Bertz CT molecular complexity index is 1680. The number of carbonyl (C=O) groups is 4. The van der Waals surface area contributed by atoms with Crippen LogP contribution >= 0.6 is 0 Å². The summed E-state index contributed by atoms with van der Waals surface area (Å²) in [5.74, 6) is -2.69. The molecule has 0 amide bonds. The van der Waals surface area contributed by atoms with Gasteiger partial charge in [-0.2, -0.15) is 0 Å². The molecule has 4 unspecified atom stereocenters. The van der Waals surface area contributed by atoms with Crippen molar-refractivity contribution >= 4 is 108 Å². The van der Waals surface area contributed by atoms with Gasteiger partial charge in [0.25, 0.3) is 0 Å². The first-order valence-corrected chi connectivity index (χ1v) is 47.1. The monoisotopic (exact) mass is 1630 g/mol. The van der Waals surface area contributed by atoms with Crippen molar-refractivity contribution in [2.24, 2.45) is 0 Å². The molecule has 0 spiro atoms. The molecule has 0 aliphatic carbocycles.